The molecule has 21 heavy (non-hydrogen) atoms. The lowest BCUT2D eigenvalue weighted by Gasteiger charge is -2.09. The second kappa shape index (κ2) is 7.22. The zero-order valence-corrected chi connectivity index (χ0v) is 13.7. The van der Waals surface area contributed by atoms with Crippen LogP contribution in [0.2, 0.25) is 0 Å². The standard InChI is InChI=1S/C16H18BrN3O/c1-3-8-18-15-7-4-12(10-19-15)16(21)20-14-6-5-13(17)9-11(14)2/h4-7,9-10H,3,8H2,1-2H3,(H,18,19)(H,20,21). The van der Waals surface area contributed by atoms with E-state index in [0.29, 0.717) is 5.56 Å². The van der Waals surface area contributed by atoms with E-state index in [0.717, 1.165) is 34.5 Å². The van der Waals surface area contributed by atoms with E-state index in [-0.39, 0.29) is 5.91 Å². The average Bonchev–Trinajstić information content (AvgIpc) is 2.48. The van der Waals surface area contributed by atoms with Crippen LogP contribution in [-0.4, -0.2) is 17.4 Å². The molecule has 0 aliphatic carbocycles. The van der Waals surface area contributed by atoms with Gasteiger partial charge in [0, 0.05) is 22.9 Å². The third kappa shape index (κ3) is 4.29. The van der Waals surface area contributed by atoms with Crippen LogP contribution in [0.3, 0.4) is 0 Å². The Labute approximate surface area is 133 Å². The van der Waals surface area contributed by atoms with Crippen molar-refractivity contribution in [1.82, 2.24) is 4.98 Å². The Morgan fingerprint density at radius 2 is 2.10 bits per heavy atom. The lowest BCUT2D eigenvalue weighted by atomic mass is 10.2. The zero-order chi connectivity index (χ0) is 15.2. The van der Waals surface area contributed by atoms with Crippen LogP contribution in [-0.2, 0) is 0 Å². The van der Waals surface area contributed by atoms with Crippen molar-refractivity contribution in [2.45, 2.75) is 20.3 Å². The molecule has 2 rings (SSSR count). The molecular weight excluding hydrogens is 330 g/mol. The van der Waals surface area contributed by atoms with Crippen molar-refractivity contribution in [3.8, 4) is 0 Å². The van der Waals surface area contributed by atoms with Gasteiger partial charge in [-0.15, -0.1) is 0 Å². The summed E-state index contributed by atoms with van der Waals surface area (Å²) in [6, 6.07) is 9.33. The van der Waals surface area contributed by atoms with Crippen LogP contribution in [0.5, 0.6) is 0 Å². The number of carbonyl (C=O) groups excluding carboxylic acids is 1. The Kier molecular flexibility index (Phi) is 5.33. The quantitative estimate of drug-likeness (QED) is 0.850. The fourth-order valence-corrected chi connectivity index (χ4v) is 2.32. The van der Waals surface area contributed by atoms with E-state index in [1.54, 1.807) is 12.3 Å². The van der Waals surface area contributed by atoms with Gasteiger partial charge in [-0.3, -0.25) is 4.79 Å². The van der Waals surface area contributed by atoms with Crippen LogP contribution in [0.1, 0.15) is 29.3 Å². The minimum Gasteiger partial charge on any atom is -0.370 e. The summed E-state index contributed by atoms with van der Waals surface area (Å²) < 4.78 is 0.992. The van der Waals surface area contributed by atoms with E-state index in [2.05, 4.69) is 38.5 Å². The van der Waals surface area contributed by atoms with Crippen molar-refractivity contribution in [2.75, 3.05) is 17.2 Å². The Balaban J connectivity index is 2.06. The number of benzene rings is 1. The molecule has 0 aliphatic rings. The van der Waals surface area contributed by atoms with E-state index in [4.69, 9.17) is 0 Å². The molecule has 0 radical (unpaired) electrons. The largest absolute Gasteiger partial charge is 0.370 e. The van der Waals surface area contributed by atoms with E-state index in [1.165, 1.54) is 0 Å². The molecule has 0 unspecified atom stereocenters. The highest BCUT2D eigenvalue weighted by molar-refractivity contribution is 9.10. The fraction of sp³-hybridized carbons (Fsp3) is 0.250. The fourth-order valence-electron chi connectivity index (χ4n) is 1.85. The first-order valence-corrected chi connectivity index (χ1v) is 7.67. The highest BCUT2D eigenvalue weighted by Gasteiger charge is 2.08. The molecule has 2 N–H and O–H groups in total. The number of halogens is 1. The molecule has 0 aliphatic heterocycles. The molecule has 0 atom stereocenters. The molecule has 1 aromatic heterocycles. The number of rotatable bonds is 5. The molecule has 0 saturated heterocycles. The van der Waals surface area contributed by atoms with E-state index < -0.39 is 0 Å². The van der Waals surface area contributed by atoms with Gasteiger partial charge in [-0.25, -0.2) is 4.98 Å². The molecule has 5 heteroatoms. The van der Waals surface area contributed by atoms with Gasteiger partial charge in [-0.1, -0.05) is 22.9 Å². The number of pyridine rings is 1. The zero-order valence-electron chi connectivity index (χ0n) is 12.1. The maximum Gasteiger partial charge on any atom is 0.257 e. The number of nitrogens with zero attached hydrogens (tertiary/aromatic N) is 1. The highest BCUT2D eigenvalue weighted by Crippen LogP contribution is 2.20. The molecule has 1 heterocycles. The predicted molar refractivity (Wildman–Crippen MR) is 89.8 cm³/mol. The van der Waals surface area contributed by atoms with Crippen molar-refractivity contribution < 1.29 is 4.79 Å². The summed E-state index contributed by atoms with van der Waals surface area (Å²) in [4.78, 5) is 16.4. The number of nitrogens with one attached hydrogen (secondary N) is 2. The minimum atomic E-state index is -0.157. The van der Waals surface area contributed by atoms with Crippen molar-refractivity contribution in [3.05, 3.63) is 52.1 Å². The van der Waals surface area contributed by atoms with E-state index in [9.17, 15) is 4.79 Å². The van der Waals surface area contributed by atoms with Crippen LogP contribution in [0, 0.1) is 6.92 Å². The minimum absolute atomic E-state index is 0.157. The summed E-state index contributed by atoms with van der Waals surface area (Å²) in [6.45, 7) is 4.92. The normalized spacial score (nSPS) is 10.2. The molecule has 1 aromatic carbocycles. The van der Waals surface area contributed by atoms with Gasteiger partial charge in [-0.05, 0) is 49.2 Å². The molecule has 0 bridgehead atoms. The maximum atomic E-state index is 12.2. The molecule has 0 saturated carbocycles. The van der Waals surface area contributed by atoms with Crippen LogP contribution in [0.15, 0.2) is 41.0 Å². The number of hydrogen-bond acceptors (Lipinski definition) is 3. The maximum absolute atomic E-state index is 12.2. The molecule has 0 fully saturated rings. The SMILES string of the molecule is CCCNc1ccc(C(=O)Nc2ccc(Br)cc2C)cn1. The lowest BCUT2D eigenvalue weighted by molar-refractivity contribution is 0.102. The second-order valence-electron chi connectivity index (χ2n) is 4.77. The van der Waals surface area contributed by atoms with Gasteiger partial charge in [0.15, 0.2) is 0 Å². The summed E-state index contributed by atoms with van der Waals surface area (Å²) in [5.41, 5.74) is 2.35. The first-order chi connectivity index (χ1) is 10.1. The Bertz CT molecular complexity index is 626. The topological polar surface area (TPSA) is 54.0 Å². The monoisotopic (exact) mass is 347 g/mol. The highest BCUT2D eigenvalue weighted by atomic mass is 79.9. The molecule has 2 aromatic rings. The number of hydrogen-bond donors (Lipinski definition) is 2. The summed E-state index contributed by atoms with van der Waals surface area (Å²) in [5.74, 6) is 0.628. The first-order valence-electron chi connectivity index (χ1n) is 6.87. The molecular formula is C16H18BrN3O. The van der Waals surface area contributed by atoms with Gasteiger partial charge >= 0.3 is 0 Å². The van der Waals surface area contributed by atoms with Gasteiger partial charge in [-0.2, -0.15) is 0 Å². The van der Waals surface area contributed by atoms with E-state index in [1.807, 2.05) is 31.2 Å². The van der Waals surface area contributed by atoms with Crippen LogP contribution >= 0.6 is 15.9 Å². The third-order valence-electron chi connectivity index (χ3n) is 3.02. The summed E-state index contributed by atoms with van der Waals surface area (Å²) >= 11 is 3.41. The molecule has 110 valence electrons. The van der Waals surface area contributed by atoms with Gasteiger partial charge in [0.25, 0.3) is 5.91 Å². The van der Waals surface area contributed by atoms with Crippen molar-refractivity contribution in [3.63, 3.8) is 0 Å². The Morgan fingerprint density at radius 3 is 2.71 bits per heavy atom. The predicted octanol–water partition coefficient (Wildman–Crippen LogP) is 4.23. The van der Waals surface area contributed by atoms with Gasteiger partial charge in [0.05, 0.1) is 5.56 Å². The van der Waals surface area contributed by atoms with E-state index >= 15 is 0 Å². The average molecular weight is 348 g/mol. The van der Waals surface area contributed by atoms with Crippen molar-refractivity contribution in [1.29, 1.82) is 0 Å². The smallest absolute Gasteiger partial charge is 0.257 e. The number of amides is 1. The third-order valence-corrected chi connectivity index (χ3v) is 3.51. The summed E-state index contributed by atoms with van der Waals surface area (Å²) in [6.07, 6.45) is 2.62. The van der Waals surface area contributed by atoms with Crippen LogP contribution in [0.4, 0.5) is 11.5 Å². The van der Waals surface area contributed by atoms with Crippen molar-refractivity contribution in [2.24, 2.45) is 0 Å². The van der Waals surface area contributed by atoms with Gasteiger partial charge in [0.2, 0.25) is 0 Å². The van der Waals surface area contributed by atoms with Crippen molar-refractivity contribution >= 4 is 33.3 Å². The van der Waals surface area contributed by atoms with Crippen LogP contribution < -0.4 is 10.6 Å². The second-order valence-corrected chi connectivity index (χ2v) is 5.69. The first kappa shape index (κ1) is 15.5. The Hall–Kier alpha value is -1.88. The van der Waals surface area contributed by atoms with Gasteiger partial charge in [0.1, 0.15) is 5.82 Å². The Morgan fingerprint density at radius 1 is 1.29 bits per heavy atom. The molecule has 4 nitrogen and oxygen atoms in total. The molecule has 1 amide bonds. The number of aromatic nitrogens is 1. The number of carbonyl (C=O) groups is 1. The summed E-state index contributed by atoms with van der Waals surface area (Å²) in [7, 11) is 0. The number of anilines is 2. The van der Waals surface area contributed by atoms with Gasteiger partial charge < -0.3 is 10.6 Å². The van der Waals surface area contributed by atoms with Crippen LogP contribution in [0.25, 0.3) is 0 Å². The number of aryl methyl sites for hydroxylation is 1. The summed E-state index contributed by atoms with van der Waals surface area (Å²) in [5, 5.41) is 6.07. The molecule has 0 spiro atoms. The lowest BCUT2D eigenvalue weighted by Crippen LogP contribution is -2.13.